The largest absolute Gasteiger partial charge is 0.497 e. The molecule has 0 unspecified atom stereocenters. The lowest BCUT2D eigenvalue weighted by atomic mass is 9.84. The van der Waals surface area contributed by atoms with Gasteiger partial charge < -0.3 is 20.1 Å². The number of methoxy groups -OCH3 is 1. The number of carbonyl (C=O) groups excluding carboxylic acids is 3. The number of amides is 2. The van der Waals surface area contributed by atoms with E-state index in [1.54, 1.807) is 24.1 Å². The second-order valence-corrected chi connectivity index (χ2v) is 6.79. The molecule has 1 aromatic carbocycles. The average molecular weight is 376 g/mol. The fourth-order valence-electron chi connectivity index (χ4n) is 3.32. The van der Waals surface area contributed by atoms with E-state index in [4.69, 9.17) is 15.2 Å². The third kappa shape index (κ3) is 4.99. The number of likely N-dealkylation sites (tertiary alicyclic amines) is 1. The van der Waals surface area contributed by atoms with Gasteiger partial charge in [0.25, 0.3) is 5.91 Å². The molecule has 1 heterocycles. The van der Waals surface area contributed by atoms with Crippen LogP contribution in [-0.4, -0.2) is 42.4 Å². The van der Waals surface area contributed by atoms with Crippen molar-refractivity contribution in [3.05, 3.63) is 29.8 Å². The maximum atomic E-state index is 12.8. The summed E-state index contributed by atoms with van der Waals surface area (Å²) < 4.78 is 10.5. The molecule has 1 aliphatic heterocycles. The molecule has 2 rings (SSSR count). The summed E-state index contributed by atoms with van der Waals surface area (Å²) in [5.74, 6) is -1.02. The first-order chi connectivity index (χ1) is 12.9. The second-order valence-electron chi connectivity index (χ2n) is 6.79. The average Bonchev–Trinajstić information content (AvgIpc) is 2.66. The number of benzene rings is 1. The molecule has 0 radical (unpaired) electrons. The highest BCUT2D eigenvalue weighted by Gasteiger charge is 2.41. The van der Waals surface area contributed by atoms with Crippen LogP contribution in [0, 0.1) is 5.92 Å². The van der Waals surface area contributed by atoms with Crippen molar-refractivity contribution in [3.63, 3.8) is 0 Å². The van der Waals surface area contributed by atoms with Crippen LogP contribution in [0.25, 0.3) is 0 Å². The van der Waals surface area contributed by atoms with E-state index in [0.717, 1.165) is 18.4 Å². The fraction of sp³-hybridized carbons (Fsp3) is 0.550. The molecule has 2 amide bonds. The maximum absolute atomic E-state index is 12.8. The predicted octanol–water partition coefficient (Wildman–Crippen LogP) is 2.19. The Bertz CT molecular complexity index is 673. The van der Waals surface area contributed by atoms with E-state index in [1.807, 2.05) is 12.1 Å². The number of nitrogens with zero attached hydrogens (tertiary/aromatic N) is 1. The molecule has 0 bridgehead atoms. The number of hydrogen-bond donors (Lipinski definition) is 1. The van der Waals surface area contributed by atoms with Crippen molar-refractivity contribution < 1.29 is 23.9 Å². The molecule has 7 heteroatoms. The molecule has 1 aliphatic rings. The van der Waals surface area contributed by atoms with Crippen LogP contribution < -0.4 is 10.5 Å². The van der Waals surface area contributed by atoms with Crippen molar-refractivity contribution in [2.45, 2.75) is 51.7 Å². The number of unbranched alkanes of at least 4 members (excludes halogenated alkanes) is 1. The van der Waals surface area contributed by atoms with Gasteiger partial charge in [0.05, 0.1) is 19.1 Å². The maximum Gasteiger partial charge on any atom is 0.312 e. The molecule has 0 saturated carbocycles. The highest BCUT2D eigenvalue weighted by molar-refractivity contribution is 5.85. The van der Waals surface area contributed by atoms with Crippen LogP contribution >= 0.6 is 0 Å². The van der Waals surface area contributed by atoms with Crippen molar-refractivity contribution in [2.75, 3.05) is 13.7 Å². The van der Waals surface area contributed by atoms with Crippen LogP contribution in [0.4, 0.5) is 0 Å². The van der Waals surface area contributed by atoms with Crippen LogP contribution in [-0.2, 0) is 19.1 Å². The SMILES string of the molecule is CCCCN1C(=O)CC[C@H](C(=O)O[C@@H](C)C(N)=O)[C@H]1c1ccc(OC)cc1. The first kappa shape index (κ1) is 20.7. The summed E-state index contributed by atoms with van der Waals surface area (Å²) in [5, 5.41) is 0. The zero-order chi connectivity index (χ0) is 20.0. The zero-order valence-corrected chi connectivity index (χ0v) is 16.1. The van der Waals surface area contributed by atoms with Gasteiger partial charge in [0.1, 0.15) is 5.75 Å². The molecule has 1 aromatic rings. The monoisotopic (exact) mass is 376 g/mol. The van der Waals surface area contributed by atoms with E-state index >= 15 is 0 Å². The highest BCUT2D eigenvalue weighted by atomic mass is 16.5. The van der Waals surface area contributed by atoms with Crippen molar-refractivity contribution in [1.82, 2.24) is 4.90 Å². The first-order valence-electron chi connectivity index (χ1n) is 9.32. The lowest BCUT2D eigenvalue weighted by molar-refractivity contribution is -0.164. The molecule has 148 valence electrons. The number of primary amides is 1. The molecule has 0 aliphatic carbocycles. The van der Waals surface area contributed by atoms with Crippen molar-refractivity contribution in [1.29, 1.82) is 0 Å². The van der Waals surface area contributed by atoms with E-state index in [-0.39, 0.29) is 12.3 Å². The van der Waals surface area contributed by atoms with Gasteiger partial charge in [-0.25, -0.2) is 0 Å². The third-order valence-electron chi connectivity index (χ3n) is 4.91. The Hall–Kier alpha value is -2.57. The Labute approximate surface area is 159 Å². The summed E-state index contributed by atoms with van der Waals surface area (Å²) >= 11 is 0. The van der Waals surface area contributed by atoms with E-state index in [2.05, 4.69) is 6.92 Å². The molecule has 1 saturated heterocycles. The summed E-state index contributed by atoms with van der Waals surface area (Å²) in [6.45, 7) is 4.07. The number of nitrogens with two attached hydrogens (primary N) is 1. The summed E-state index contributed by atoms with van der Waals surface area (Å²) in [4.78, 5) is 38.4. The number of esters is 1. The van der Waals surface area contributed by atoms with Gasteiger partial charge in [-0.1, -0.05) is 25.5 Å². The molecule has 0 aromatic heterocycles. The van der Waals surface area contributed by atoms with Crippen LogP contribution in [0.2, 0.25) is 0 Å². The molecule has 3 atom stereocenters. The Balaban J connectivity index is 2.34. The van der Waals surface area contributed by atoms with Crippen molar-refractivity contribution in [3.8, 4) is 5.75 Å². The van der Waals surface area contributed by atoms with E-state index in [9.17, 15) is 14.4 Å². The normalized spacial score (nSPS) is 20.9. The molecular formula is C20H28N2O5. The Kier molecular flexibility index (Phi) is 7.21. The minimum absolute atomic E-state index is 0.0243. The molecule has 2 N–H and O–H groups in total. The van der Waals surface area contributed by atoms with E-state index < -0.39 is 29.9 Å². The zero-order valence-electron chi connectivity index (χ0n) is 16.1. The second kappa shape index (κ2) is 9.39. The van der Waals surface area contributed by atoms with Crippen molar-refractivity contribution in [2.24, 2.45) is 11.7 Å². The third-order valence-corrected chi connectivity index (χ3v) is 4.91. The summed E-state index contributed by atoms with van der Waals surface area (Å²) in [6.07, 6.45) is 1.43. The molecule has 1 fully saturated rings. The fourth-order valence-corrected chi connectivity index (χ4v) is 3.32. The highest BCUT2D eigenvalue weighted by Crippen LogP contribution is 2.38. The molecular weight excluding hydrogens is 348 g/mol. The van der Waals surface area contributed by atoms with Gasteiger partial charge >= 0.3 is 5.97 Å². The number of ether oxygens (including phenoxy) is 2. The number of carbonyl (C=O) groups is 3. The van der Waals surface area contributed by atoms with Gasteiger partial charge in [-0.2, -0.15) is 0 Å². The minimum atomic E-state index is -1.00. The molecule has 27 heavy (non-hydrogen) atoms. The summed E-state index contributed by atoms with van der Waals surface area (Å²) in [7, 11) is 1.58. The Morgan fingerprint density at radius 3 is 2.52 bits per heavy atom. The number of hydrogen-bond acceptors (Lipinski definition) is 5. The summed E-state index contributed by atoms with van der Waals surface area (Å²) in [6, 6.07) is 6.90. The lowest BCUT2D eigenvalue weighted by Crippen LogP contribution is -2.47. The van der Waals surface area contributed by atoms with Gasteiger partial charge in [-0.05, 0) is 37.5 Å². The van der Waals surface area contributed by atoms with E-state index in [1.165, 1.54) is 6.92 Å². The standard InChI is InChI=1S/C20H28N2O5/c1-4-5-12-22-17(23)11-10-16(20(25)27-13(2)19(21)24)18(22)14-6-8-15(26-3)9-7-14/h6-9,13,16,18H,4-5,10-12H2,1-3H3,(H2,21,24)/t13-,16-,18+/m0/s1. The van der Waals surface area contributed by atoms with Crippen molar-refractivity contribution >= 4 is 17.8 Å². The first-order valence-corrected chi connectivity index (χ1v) is 9.32. The van der Waals surface area contributed by atoms with Crippen LogP contribution in [0.5, 0.6) is 5.75 Å². The van der Waals surface area contributed by atoms with Gasteiger partial charge in [0, 0.05) is 13.0 Å². The van der Waals surface area contributed by atoms with E-state index in [0.29, 0.717) is 18.7 Å². The Morgan fingerprint density at radius 1 is 1.30 bits per heavy atom. The van der Waals surface area contributed by atoms with Crippen LogP contribution in [0.15, 0.2) is 24.3 Å². The van der Waals surface area contributed by atoms with Gasteiger partial charge in [-0.15, -0.1) is 0 Å². The topological polar surface area (TPSA) is 98.9 Å². The molecule has 7 nitrogen and oxygen atoms in total. The molecule has 0 spiro atoms. The number of piperidine rings is 1. The summed E-state index contributed by atoms with van der Waals surface area (Å²) in [5.41, 5.74) is 6.05. The number of rotatable bonds is 8. The van der Waals surface area contributed by atoms with Gasteiger partial charge in [0.15, 0.2) is 6.10 Å². The quantitative estimate of drug-likeness (QED) is 0.701. The predicted molar refractivity (Wildman–Crippen MR) is 99.8 cm³/mol. The van der Waals surface area contributed by atoms with Crippen LogP contribution in [0.1, 0.15) is 51.1 Å². The Morgan fingerprint density at radius 2 is 1.96 bits per heavy atom. The van der Waals surface area contributed by atoms with Crippen LogP contribution in [0.3, 0.4) is 0 Å². The van der Waals surface area contributed by atoms with Gasteiger partial charge in [-0.3, -0.25) is 14.4 Å². The lowest BCUT2D eigenvalue weighted by Gasteiger charge is -2.40. The minimum Gasteiger partial charge on any atom is -0.497 e. The van der Waals surface area contributed by atoms with Gasteiger partial charge in [0.2, 0.25) is 5.91 Å². The smallest absolute Gasteiger partial charge is 0.312 e.